The quantitative estimate of drug-likeness (QED) is 0.870. The number of nitrogens with zero attached hydrogens (tertiary/aromatic N) is 1. The average Bonchev–Trinajstić information content (AvgIpc) is 2.46. The number of aromatic amines is 1. The summed E-state index contributed by atoms with van der Waals surface area (Å²) in [5, 5.41) is 9.55. The lowest BCUT2D eigenvalue weighted by Crippen LogP contribution is -2.56. The van der Waals surface area contributed by atoms with Crippen molar-refractivity contribution in [3.63, 3.8) is 0 Å². The van der Waals surface area contributed by atoms with Crippen LogP contribution in [0.4, 0.5) is 0 Å². The molecule has 1 heterocycles. The number of hydrogen-bond acceptors (Lipinski definition) is 3. The number of carboxylic acid groups (broad SMARTS) is 1. The highest BCUT2D eigenvalue weighted by molar-refractivity contribution is 5.97. The zero-order chi connectivity index (χ0) is 14.8. The summed E-state index contributed by atoms with van der Waals surface area (Å²) in [4.78, 5) is 39.1. The molecule has 0 radical (unpaired) electrons. The van der Waals surface area contributed by atoms with E-state index in [1.807, 2.05) is 0 Å². The second-order valence-corrected chi connectivity index (χ2v) is 5.20. The lowest BCUT2D eigenvalue weighted by molar-refractivity contribution is -0.151. The number of hydrogen-bond donors (Lipinski definition) is 2. The standard InChI is InChI=1S/C14H18N2O4/c1-16(12(18)10-5-8-15-11(17)9-10)14(13(19)20)6-3-2-4-7-14/h5,8-9H,2-4,6-7H2,1H3,(H,15,17)(H,19,20). The Kier molecular flexibility index (Phi) is 3.92. The Balaban J connectivity index is 2.32. The summed E-state index contributed by atoms with van der Waals surface area (Å²) in [5.41, 5.74) is -1.32. The van der Waals surface area contributed by atoms with Crippen LogP contribution in [0.5, 0.6) is 0 Å². The second kappa shape index (κ2) is 5.48. The van der Waals surface area contributed by atoms with Gasteiger partial charge in [-0.25, -0.2) is 4.79 Å². The number of aliphatic carboxylic acids is 1. The molecule has 6 heteroatoms. The van der Waals surface area contributed by atoms with Crippen molar-refractivity contribution in [1.29, 1.82) is 0 Å². The maximum Gasteiger partial charge on any atom is 0.329 e. The molecule has 108 valence electrons. The zero-order valence-electron chi connectivity index (χ0n) is 11.4. The van der Waals surface area contributed by atoms with E-state index in [1.54, 1.807) is 0 Å². The summed E-state index contributed by atoms with van der Waals surface area (Å²) in [6.07, 6.45) is 4.86. The average molecular weight is 278 g/mol. The predicted octanol–water partition coefficient (Wildman–Crippen LogP) is 1.23. The first-order chi connectivity index (χ1) is 9.47. The van der Waals surface area contributed by atoms with Gasteiger partial charge in [0.2, 0.25) is 5.56 Å². The minimum absolute atomic E-state index is 0.211. The van der Waals surface area contributed by atoms with Crippen LogP contribution in [0, 0.1) is 0 Å². The SMILES string of the molecule is CN(C(=O)c1cc[nH]c(=O)c1)C1(C(=O)O)CCCCC1. The van der Waals surface area contributed by atoms with E-state index >= 15 is 0 Å². The zero-order valence-corrected chi connectivity index (χ0v) is 11.4. The summed E-state index contributed by atoms with van der Waals surface area (Å²) in [5.74, 6) is -1.40. The van der Waals surface area contributed by atoms with Gasteiger partial charge in [0.05, 0.1) is 0 Å². The molecule has 1 amide bonds. The maximum absolute atomic E-state index is 12.4. The van der Waals surface area contributed by atoms with Crippen molar-refractivity contribution in [2.45, 2.75) is 37.6 Å². The fourth-order valence-corrected chi connectivity index (χ4v) is 2.80. The number of nitrogens with one attached hydrogen (secondary N) is 1. The van der Waals surface area contributed by atoms with Crippen molar-refractivity contribution in [1.82, 2.24) is 9.88 Å². The van der Waals surface area contributed by atoms with Gasteiger partial charge in [-0.05, 0) is 18.9 Å². The van der Waals surface area contributed by atoms with E-state index in [2.05, 4.69) is 4.98 Å². The first kappa shape index (κ1) is 14.3. The van der Waals surface area contributed by atoms with Crippen LogP contribution in [0.3, 0.4) is 0 Å². The summed E-state index contributed by atoms with van der Waals surface area (Å²) in [6.45, 7) is 0. The second-order valence-electron chi connectivity index (χ2n) is 5.20. The number of pyridine rings is 1. The summed E-state index contributed by atoms with van der Waals surface area (Å²) in [7, 11) is 1.50. The number of carbonyl (C=O) groups excluding carboxylic acids is 1. The van der Waals surface area contributed by atoms with Crippen molar-refractivity contribution in [2.75, 3.05) is 7.05 Å². The molecule has 20 heavy (non-hydrogen) atoms. The third-order valence-corrected chi connectivity index (χ3v) is 4.05. The number of carboxylic acids is 1. The molecule has 0 bridgehead atoms. The van der Waals surface area contributed by atoms with Gasteiger partial charge in [0.15, 0.2) is 0 Å². The van der Waals surface area contributed by atoms with E-state index in [0.717, 1.165) is 19.3 Å². The highest BCUT2D eigenvalue weighted by Gasteiger charge is 2.45. The first-order valence-electron chi connectivity index (χ1n) is 6.68. The van der Waals surface area contributed by atoms with Crippen LogP contribution in [0.15, 0.2) is 23.1 Å². The number of rotatable bonds is 3. The fourth-order valence-electron chi connectivity index (χ4n) is 2.80. The number of H-pyrrole nitrogens is 1. The number of likely N-dealkylation sites (N-methyl/N-ethyl adjacent to an activating group) is 1. The van der Waals surface area contributed by atoms with Gasteiger partial charge in [0.1, 0.15) is 5.54 Å². The van der Waals surface area contributed by atoms with Crippen LogP contribution in [-0.2, 0) is 4.79 Å². The molecular formula is C14H18N2O4. The molecule has 0 aromatic carbocycles. The van der Waals surface area contributed by atoms with Crippen molar-refractivity contribution in [3.05, 3.63) is 34.2 Å². The lowest BCUT2D eigenvalue weighted by Gasteiger charge is -2.41. The van der Waals surface area contributed by atoms with Crippen LogP contribution in [0.2, 0.25) is 0 Å². The van der Waals surface area contributed by atoms with Gasteiger partial charge in [-0.2, -0.15) is 0 Å². The Morgan fingerprint density at radius 1 is 1.30 bits per heavy atom. The normalized spacial score (nSPS) is 17.4. The Bertz CT molecular complexity index is 573. The molecule has 0 unspecified atom stereocenters. The van der Waals surface area contributed by atoms with Gasteiger partial charge in [-0.15, -0.1) is 0 Å². The Morgan fingerprint density at radius 2 is 1.95 bits per heavy atom. The first-order valence-corrected chi connectivity index (χ1v) is 6.68. The maximum atomic E-state index is 12.4. The van der Waals surface area contributed by atoms with Crippen LogP contribution >= 0.6 is 0 Å². The highest BCUT2D eigenvalue weighted by atomic mass is 16.4. The molecule has 1 fully saturated rings. The topological polar surface area (TPSA) is 90.5 Å². The van der Waals surface area contributed by atoms with Gasteiger partial charge < -0.3 is 15.0 Å². The van der Waals surface area contributed by atoms with Crippen LogP contribution < -0.4 is 5.56 Å². The fraction of sp³-hybridized carbons (Fsp3) is 0.500. The lowest BCUT2D eigenvalue weighted by atomic mass is 9.80. The van der Waals surface area contributed by atoms with E-state index in [9.17, 15) is 19.5 Å². The molecule has 2 N–H and O–H groups in total. The Hall–Kier alpha value is -2.11. The van der Waals surface area contributed by atoms with E-state index < -0.39 is 17.4 Å². The molecule has 1 saturated carbocycles. The van der Waals surface area contributed by atoms with E-state index in [1.165, 1.54) is 30.3 Å². The molecule has 0 aliphatic heterocycles. The summed E-state index contributed by atoms with van der Waals surface area (Å²) >= 11 is 0. The van der Waals surface area contributed by atoms with Gasteiger partial charge in [-0.3, -0.25) is 9.59 Å². The van der Waals surface area contributed by atoms with Crippen LogP contribution in [0.1, 0.15) is 42.5 Å². The molecule has 1 aliphatic carbocycles. The van der Waals surface area contributed by atoms with Crippen LogP contribution in [0.25, 0.3) is 0 Å². The third kappa shape index (κ3) is 2.45. The Labute approximate surface area is 116 Å². The third-order valence-electron chi connectivity index (χ3n) is 4.05. The predicted molar refractivity (Wildman–Crippen MR) is 72.6 cm³/mol. The van der Waals surface area contributed by atoms with Crippen LogP contribution in [-0.4, -0.2) is 39.5 Å². The van der Waals surface area contributed by atoms with Gasteiger partial charge in [-0.1, -0.05) is 19.3 Å². The minimum atomic E-state index is -1.15. The van der Waals surface area contributed by atoms with Crippen molar-refractivity contribution in [2.24, 2.45) is 0 Å². The van der Waals surface area contributed by atoms with E-state index in [-0.39, 0.29) is 11.1 Å². The molecule has 6 nitrogen and oxygen atoms in total. The van der Waals surface area contributed by atoms with Crippen molar-refractivity contribution >= 4 is 11.9 Å². The molecule has 1 aromatic heterocycles. The molecule has 0 spiro atoms. The summed E-state index contributed by atoms with van der Waals surface area (Å²) < 4.78 is 0. The van der Waals surface area contributed by atoms with E-state index in [4.69, 9.17) is 0 Å². The molecular weight excluding hydrogens is 260 g/mol. The van der Waals surface area contributed by atoms with Gasteiger partial charge in [0, 0.05) is 24.9 Å². The van der Waals surface area contributed by atoms with Crippen molar-refractivity contribution < 1.29 is 14.7 Å². The molecule has 0 saturated heterocycles. The van der Waals surface area contributed by atoms with E-state index in [0.29, 0.717) is 12.8 Å². The number of carbonyl (C=O) groups is 2. The van der Waals surface area contributed by atoms with Gasteiger partial charge in [0.25, 0.3) is 5.91 Å². The monoisotopic (exact) mass is 278 g/mol. The van der Waals surface area contributed by atoms with Gasteiger partial charge >= 0.3 is 5.97 Å². The molecule has 1 aliphatic rings. The Morgan fingerprint density at radius 3 is 2.50 bits per heavy atom. The number of amides is 1. The molecule has 0 atom stereocenters. The smallest absolute Gasteiger partial charge is 0.329 e. The van der Waals surface area contributed by atoms with Crippen molar-refractivity contribution in [3.8, 4) is 0 Å². The largest absolute Gasteiger partial charge is 0.479 e. The highest BCUT2D eigenvalue weighted by Crippen LogP contribution is 2.34. The molecule has 2 rings (SSSR count). The minimum Gasteiger partial charge on any atom is -0.479 e. The number of aromatic nitrogens is 1. The summed E-state index contributed by atoms with van der Waals surface area (Å²) in [6, 6.07) is 2.68. The molecule has 1 aromatic rings.